The average molecular weight is 609 g/mol. The maximum Gasteiger partial charge on any atom is 0.331 e. The number of rotatable bonds is 7. The number of nitro groups is 2. The SMILES string of the molecule is CC(=O)C#C[C@@H](C)OC(=O)/C=C/C1=CCCC([N+](=O)[O-])C1.CC(C)(C)C(=O)Cl.O=C(O)/C=C/C1=CCCC([N+](=O)[O-])C1. The van der Waals surface area contributed by atoms with Crippen LogP contribution in [0.4, 0.5) is 0 Å². The topological polar surface area (TPSA) is 184 Å². The van der Waals surface area contributed by atoms with E-state index in [9.17, 15) is 39.4 Å². The van der Waals surface area contributed by atoms with Crippen LogP contribution in [0.2, 0.25) is 0 Å². The fourth-order valence-corrected chi connectivity index (χ4v) is 3.27. The van der Waals surface area contributed by atoms with Crippen molar-refractivity contribution < 1.29 is 38.9 Å². The number of nitrogens with zero attached hydrogens (tertiary/aromatic N) is 2. The van der Waals surface area contributed by atoms with Crippen LogP contribution in [0.25, 0.3) is 0 Å². The van der Waals surface area contributed by atoms with E-state index in [4.69, 9.17) is 21.4 Å². The summed E-state index contributed by atoms with van der Waals surface area (Å²) < 4.78 is 4.95. The van der Waals surface area contributed by atoms with E-state index in [1.54, 1.807) is 27.7 Å². The van der Waals surface area contributed by atoms with Crippen LogP contribution in [0, 0.1) is 37.5 Å². The number of esters is 1. The number of aliphatic carboxylic acids is 1. The molecule has 13 heteroatoms. The molecule has 0 aromatic rings. The van der Waals surface area contributed by atoms with Gasteiger partial charge >= 0.3 is 11.9 Å². The monoisotopic (exact) mass is 608 g/mol. The molecule has 0 bridgehead atoms. The van der Waals surface area contributed by atoms with E-state index in [1.165, 1.54) is 25.2 Å². The van der Waals surface area contributed by atoms with Crippen molar-refractivity contribution in [2.24, 2.45) is 5.41 Å². The highest BCUT2D eigenvalue weighted by Crippen LogP contribution is 2.22. The Kier molecular flexibility index (Phi) is 17.2. The van der Waals surface area contributed by atoms with Crippen molar-refractivity contribution in [1.82, 2.24) is 0 Å². The third-order valence-electron chi connectivity index (χ3n) is 5.56. The molecule has 2 aliphatic rings. The van der Waals surface area contributed by atoms with Crippen molar-refractivity contribution in [3.63, 3.8) is 0 Å². The number of carboxylic acids is 1. The molecule has 0 saturated carbocycles. The number of carbonyl (C=O) groups excluding carboxylic acids is 3. The highest BCUT2D eigenvalue weighted by molar-refractivity contribution is 6.64. The van der Waals surface area contributed by atoms with Gasteiger partial charge in [0, 0.05) is 60.0 Å². The molecule has 0 heterocycles. The molecule has 0 aromatic carbocycles. The van der Waals surface area contributed by atoms with E-state index in [0.717, 1.165) is 17.2 Å². The summed E-state index contributed by atoms with van der Waals surface area (Å²) >= 11 is 5.11. The van der Waals surface area contributed by atoms with Gasteiger partial charge in [0.15, 0.2) is 6.10 Å². The lowest BCUT2D eigenvalue weighted by Gasteiger charge is -2.14. The Hall–Kier alpha value is -4.11. The van der Waals surface area contributed by atoms with E-state index in [2.05, 4.69) is 11.8 Å². The van der Waals surface area contributed by atoms with Crippen molar-refractivity contribution in [1.29, 1.82) is 0 Å². The Balaban J connectivity index is 0.000000685. The van der Waals surface area contributed by atoms with Crippen LogP contribution in [-0.2, 0) is 23.9 Å². The minimum Gasteiger partial charge on any atom is -0.478 e. The van der Waals surface area contributed by atoms with Crippen molar-refractivity contribution in [3.8, 4) is 11.8 Å². The Morgan fingerprint density at radius 1 is 1.00 bits per heavy atom. The van der Waals surface area contributed by atoms with E-state index >= 15 is 0 Å². The summed E-state index contributed by atoms with van der Waals surface area (Å²) in [6, 6.07) is -1.15. The quantitative estimate of drug-likeness (QED) is 0.0784. The standard InChI is InChI=1S/C15H17NO5.C9H11NO4.C5H9ClO/c1-11(17)6-7-12(2)21-15(18)9-8-13-4-3-5-14(10-13)16(19)20;11-9(12)5-4-7-2-1-3-8(6-7)10(13)14;1-5(2,3)4(6)7/h4,8-9,12,14H,3,5,10H2,1-2H3;2,4-5,8H,1,3,6H2,(H,11,12);1-3H3/b9-8+;5-4+;/t12-,14?;;/m1../s1. The summed E-state index contributed by atoms with van der Waals surface area (Å²) in [5.41, 5.74) is 1.12. The van der Waals surface area contributed by atoms with Gasteiger partial charge in [0.25, 0.3) is 0 Å². The Bertz CT molecular complexity index is 1200. The molecule has 2 aliphatic carbocycles. The molecule has 0 spiro atoms. The third kappa shape index (κ3) is 18.3. The summed E-state index contributed by atoms with van der Waals surface area (Å²) in [5, 5.41) is 29.3. The number of ether oxygens (including phenoxy) is 1. The summed E-state index contributed by atoms with van der Waals surface area (Å²) in [6.45, 7) is 8.22. The lowest BCUT2D eigenvalue weighted by Crippen LogP contribution is -2.22. The van der Waals surface area contributed by atoms with Gasteiger partial charge in [-0.05, 0) is 48.4 Å². The first kappa shape index (κ1) is 37.9. The Morgan fingerprint density at radius 3 is 1.79 bits per heavy atom. The number of hydrogen-bond donors (Lipinski definition) is 1. The van der Waals surface area contributed by atoms with Crippen LogP contribution in [0.3, 0.4) is 0 Å². The average Bonchev–Trinajstić information content (AvgIpc) is 2.90. The van der Waals surface area contributed by atoms with Gasteiger partial charge in [-0.3, -0.25) is 29.8 Å². The normalized spacial score (nSPS) is 18.8. The van der Waals surface area contributed by atoms with Crippen LogP contribution in [0.15, 0.2) is 47.6 Å². The van der Waals surface area contributed by atoms with Crippen molar-refractivity contribution >= 4 is 34.6 Å². The zero-order chi connectivity index (χ0) is 32.5. The molecule has 0 aromatic heterocycles. The minimum atomic E-state index is -1.03. The summed E-state index contributed by atoms with van der Waals surface area (Å²) in [4.78, 5) is 63.2. The first-order valence-electron chi connectivity index (χ1n) is 13.1. The molecule has 0 amide bonds. The summed E-state index contributed by atoms with van der Waals surface area (Å²) in [6.07, 6.45) is 11.2. The fourth-order valence-electron chi connectivity index (χ4n) is 3.27. The van der Waals surface area contributed by atoms with E-state index < -0.39 is 30.1 Å². The molecule has 0 saturated heterocycles. The van der Waals surface area contributed by atoms with Crippen LogP contribution in [0.5, 0.6) is 0 Å². The first-order chi connectivity index (χ1) is 19.4. The Morgan fingerprint density at radius 2 is 1.43 bits per heavy atom. The third-order valence-corrected chi connectivity index (χ3v) is 6.13. The van der Waals surface area contributed by atoms with Gasteiger partial charge in [0.2, 0.25) is 23.1 Å². The number of allylic oxidation sites excluding steroid dienone is 4. The van der Waals surface area contributed by atoms with Gasteiger partial charge in [-0.15, -0.1) is 0 Å². The number of carboxylic acid groups (broad SMARTS) is 1. The molecule has 3 atom stereocenters. The smallest absolute Gasteiger partial charge is 0.331 e. The summed E-state index contributed by atoms with van der Waals surface area (Å²) in [7, 11) is 0. The van der Waals surface area contributed by atoms with Crippen LogP contribution in [-0.4, -0.2) is 56.1 Å². The van der Waals surface area contributed by atoms with Crippen molar-refractivity contribution in [2.45, 2.75) is 91.3 Å². The van der Waals surface area contributed by atoms with Gasteiger partial charge in [0.05, 0.1) is 0 Å². The fraction of sp³-hybridized carbons (Fsp3) is 0.517. The maximum absolute atomic E-state index is 11.5. The zero-order valence-electron chi connectivity index (χ0n) is 24.3. The molecule has 42 heavy (non-hydrogen) atoms. The predicted octanol–water partition coefficient (Wildman–Crippen LogP) is 5.00. The number of carbonyl (C=O) groups is 4. The number of hydrogen-bond acceptors (Lipinski definition) is 9. The van der Waals surface area contributed by atoms with Gasteiger partial charge in [-0.25, -0.2) is 9.59 Å². The van der Waals surface area contributed by atoms with Gasteiger partial charge in [-0.2, -0.15) is 0 Å². The number of ketones is 1. The lowest BCUT2D eigenvalue weighted by atomic mass is 9.95. The minimum absolute atomic E-state index is 0.285. The van der Waals surface area contributed by atoms with E-state index in [-0.39, 0.29) is 26.3 Å². The molecular formula is C29H37ClN2O10. The second-order valence-corrected chi connectivity index (χ2v) is 10.8. The summed E-state index contributed by atoms with van der Waals surface area (Å²) in [5.74, 6) is 2.86. The molecule has 0 fully saturated rings. The maximum atomic E-state index is 11.5. The Labute approximate surface area is 249 Å². The molecule has 1 N–H and O–H groups in total. The van der Waals surface area contributed by atoms with Crippen LogP contribution in [0.1, 0.15) is 73.1 Å². The zero-order valence-corrected chi connectivity index (χ0v) is 25.1. The van der Waals surface area contributed by atoms with Gasteiger partial charge in [-0.1, -0.05) is 51.0 Å². The first-order valence-corrected chi connectivity index (χ1v) is 13.5. The second-order valence-electron chi connectivity index (χ2n) is 10.4. The van der Waals surface area contributed by atoms with Crippen molar-refractivity contribution in [3.05, 3.63) is 67.8 Å². The van der Waals surface area contributed by atoms with E-state index in [0.29, 0.717) is 38.5 Å². The highest BCUT2D eigenvalue weighted by atomic mass is 35.5. The molecule has 230 valence electrons. The predicted molar refractivity (Wildman–Crippen MR) is 156 cm³/mol. The van der Waals surface area contributed by atoms with Crippen LogP contribution >= 0.6 is 11.6 Å². The molecule has 12 nitrogen and oxygen atoms in total. The number of halogens is 1. The number of Topliss-reactive ketones (excluding diaryl/α,β-unsaturated/α-hetero) is 1. The molecule has 0 aliphatic heterocycles. The molecule has 0 radical (unpaired) electrons. The molecule has 2 unspecified atom stereocenters. The molecule has 2 rings (SSSR count). The van der Waals surface area contributed by atoms with Crippen LogP contribution < -0.4 is 0 Å². The molecular weight excluding hydrogens is 572 g/mol. The van der Waals surface area contributed by atoms with Gasteiger partial charge in [0.1, 0.15) is 0 Å². The highest BCUT2D eigenvalue weighted by Gasteiger charge is 2.24. The second kappa shape index (κ2) is 19.1. The lowest BCUT2D eigenvalue weighted by molar-refractivity contribution is -0.523. The van der Waals surface area contributed by atoms with Gasteiger partial charge < -0.3 is 9.84 Å². The van der Waals surface area contributed by atoms with E-state index in [1.807, 2.05) is 12.2 Å². The van der Waals surface area contributed by atoms with Crippen molar-refractivity contribution in [2.75, 3.05) is 0 Å². The largest absolute Gasteiger partial charge is 0.478 e.